The number of ether oxygens (including phenoxy) is 1. The van der Waals surface area contributed by atoms with E-state index in [4.69, 9.17) is 4.74 Å². The van der Waals surface area contributed by atoms with Crippen LogP contribution in [0.3, 0.4) is 0 Å². The second-order valence-corrected chi connectivity index (χ2v) is 6.51. The Kier molecular flexibility index (Phi) is 5.55. The number of aromatic nitrogens is 1. The second-order valence-electron chi connectivity index (χ2n) is 4.67. The molecule has 0 saturated heterocycles. The normalized spacial score (nSPS) is 10.9. The van der Waals surface area contributed by atoms with E-state index in [-0.39, 0.29) is 5.75 Å². The summed E-state index contributed by atoms with van der Waals surface area (Å²) in [7, 11) is -3.33. The van der Waals surface area contributed by atoms with Crippen molar-refractivity contribution in [2.24, 2.45) is 0 Å². The number of anilines is 1. The van der Waals surface area contributed by atoms with Crippen LogP contribution in [0.1, 0.15) is 12.0 Å². The van der Waals surface area contributed by atoms with Crippen LogP contribution in [0.15, 0.2) is 61.4 Å². The number of hydrogen-bond donors (Lipinski definition) is 1. The van der Waals surface area contributed by atoms with E-state index < -0.39 is 10.0 Å². The van der Waals surface area contributed by atoms with Crippen LogP contribution in [0.4, 0.5) is 5.69 Å². The topological polar surface area (TPSA) is 68.3 Å². The standard InChI is InChI=1S/C16H18N2O3S/c1-2-3-12-22(19,20)18-15-4-6-16(7-5-15)21-13-14-8-10-17-11-9-14/h2,4-11,18H,1,3,12-13H2. The molecule has 5 nitrogen and oxygen atoms in total. The van der Waals surface area contributed by atoms with Gasteiger partial charge in [0.15, 0.2) is 0 Å². The Balaban J connectivity index is 1.91. The maximum absolute atomic E-state index is 11.8. The van der Waals surface area contributed by atoms with Gasteiger partial charge < -0.3 is 4.74 Å². The van der Waals surface area contributed by atoms with Crippen molar-refractivity contribution in [1.29, 1.82) is 0 Å². The first-order valence-corrected chi connectivity index (χ1v) is 8.47. The molecule has 1 N–H and O–H groups in total. The minimum Gasteiger partial charge on any atom is -0.489 e. The summed E-state index contributed by atoms with van der Waals surface area (Å²) in [6.07, 6.45) is 5.41. The molecule has 0 spiro atoms. The van der Waals surface area contributed by atoms with Crippen LogP contribution in [-0.2, 0) is 16.6 Å². The summed E-state index contributed by atoms with van der Waals surface area (Å²) >= 11 is 0. The first kappa shape index (κ1) is 16.0. The number of pyridine rings is 1. The molecule has 6 heteroatoms. The Labute approximate surface area is 130 Å². The SMILES string of the molecule is C=CCCS(=O)(=O)Nc1ccc(OCc2ccncc2)cc1. The average molecular weight is 318 g/mol. The molecule has 0 fully saturated rings. The largest absolute Gasteiger partial charge is 0.489 e. The van der Waals surface area contributed by atoms with Gasteiger partial charge in [0.25, 0.3) is 0 Å². The van der Waals surface area contributed by atoms with E-state index in [1.54, 1.807) is 42.7 Å². The van der Waals surface area contributed by atoms with Gasteiger partial charge in [0.1, 0.15) is 12.4 Å². The lowest BCUT2D eigenvalue weighted by atomic mass is 10.3. The Morgan fingerprint density at radius 3 is 2.45 bits per heavy atom. The fourth-order valence-electron chi connectivity index (χ4n) is 1.73. The van der Waals surface area contributed by atoms with Gasteiger partial charge in [0.2, 0.25) is 10.0 Å². The summed E-state index contributed by atoms with van der Waals surface area (Å²) < 4.78 is 31.7. The fraction of sp³-hybridized carbons (Fsp3) is 0.188. The molecule has 0 aliphatic heterocycles. The Morgan fingerprint density at radius 1 is 1.14 bits per heavy atom. The summed E-state index contributed by atoms with van der Waals surface area (Å²) in [6, 6.07) is 10.6. The molecular weight excluding hydrogens is 300 g/mol. The van der Waals surface area contributed by atoms with Crippen molar-refractivity contribution in [3.63, 3.8) is 0 Å². The highest BCUT2D eigenvalue weighted by Gasteiger charge is 2.08. The highest BCUT2D eigenvalue weighted by atomic mass is 32.2. The van der Waals surface area contributed by atoms with Crippen molar-refractivity contribution in [2.45, 2.75) is 13.0 Å². The Morgan fingerprint density at radius 2 is 1.82 bits per heavy atom. The predicted octanol–water partition coefficient (Wildman–Crippen LogP) is 2.98. The van der Waals surface area contributed by atoms with Gasteiger partial charge in [-0.05, 0) is 48.4 Å². The van der Waals surface area contributed by atoms with Gasteiger partial charge in [-0.3, -0.25) is 9.71 Å². The smallest absolute Gasteiger partial charge is 0.233 e. The molecule has 116 valence electrons. The van der Waals surface area contributed by atoms with Gasteiger partial charge in [0, 0.05) is 18.1 Å². The van der Waals surface area contributed by atoms with Gasteiger partial charge in [-0.25, -0.2) is 8.42 Å². The van der Waals surface area contributed by atoms with Crippen molar-refractivity contribution < 1.29 is 13.2 Å². The molecule has 2 aromatic rings. The number of sulfonamides is 1. The van der Waals surface area contributed by atoms with E-state index in [1.807, 2.05) is 12.1 Å². The van der Waals surface area contributed by atoms with E-state index >= 15 is 0 Å². The number of benzene rings is 1. The lowest BCUT2D eigenvalue weighted by Crippen LogP contribution is -2.16. The zero-order valence-corrected chi connectivity index (χ0v) is 12.9. The maximum Gasteiger partial charge on any atom is 0.233 e. The van der Waals surface area contributed by atoms with E-state index in [0.29, 0.717) is 24.5 Å². The molecule has 1 aromatic heterocycles. The zero-order chi connectivity index (χ0) is 15.8. The molecule has 22 heavy (non-hydrogen) atoms. The Bertz CT molecular complexity index is 698. The van der Waals surface area contributed by atoms with E-state index in [0.717, 1.165) is 5.56 Å². The van der Waals surface area contributed by atoms with Gasteiger partial charge >= 0.3 is 0 Å². The highest BCUT2D eigenvalue weighted by Crippen LogP contribution is 2.18. The maximum atomic E-state index is 11.8. The van der Waals surface area contributed by atoms with Crippen molar-refractivity contribution in [1.82, 2.24) is 4.98 Å². The molecule has 0 radical (unpaired) electrons. The number of hydrogen-bond acceptors (Lipinski definition) is 4. The molecule has 0 aliphatic rings. The first-order valence-electron chi connectivity index (χ1n) is 6.82. The van der Waals surface area contributed by atoms with E-state index in [2.05, 4.69) is 16.3 Å². The van der Waals surface area contributed by atoms with Crippen LogP contribution >= 0.6 is 0 Å². The first-order chi connectivity index (χ1) is 10.6. The van der Waals surface area contributed by atoms with Crippen LogP contribution in [-0.4, -0.2) is 19.2 Å². The van der Waals surface area contributed by atoms with Crippen molar-refractivity contribution in [2.75, 3.05) is 10.5 Å². The van der Waals surface area contributed by atoms with Crippen molar-refractivity contribution in [3.8, 4) is 5.75 Å². The van der Waals surface area contributed by atoms with Crippen molar-refractivity contribution >= 4 is 15.7 Å². The minimum absolute atomic E-state index is 0.0246. The monoisotopic (exact) mass is 318 g/mol. The van der Waals surface area contributed by atoms with Crippen LogP contribution in [0, 0.1) is 0 Å². The number of nitrogens with one attached hydrogen (secondary N) is 1. The highest BCUT2D eigenvalue weighted by molar-refractivity contribution is 7.92. The third-order valence-corrected chi connectivity index (χ3v) is 4.19. The van der Waals surface area contributed by atoms with E-state index in [9.17, 15) is 8.42 Å². The summed E-state index contributed by atoms with van der Waals surface area (Å²) in [5.41, 5.74) is 1.53. The lowest BCUT2D eigenvalue weighted by molar-refractivity contribution is 0.306. The Hall–Kier alpha value is -2.34. The molecule has 0 unspecified atom stereocenters. The molecule has 1 heterocycles. The van der Waals surface area contributed by atoms with Crippen LogP contribution in [0.5, 0.6) is 5.75 Å². The number of nitrogens with zero attached hydrogens (tertiary/aromatic N) is 1. The summed E-state index contributed by atoms with van der Waals surface area (Å²) in [4.78, 5) is 3.94. The van der Waals surface area contributed by atoms with Crippen LogP contribution < -0.4 is 9.46 Å². The average Bonchev–Trinajstić information content (AvgIpc) is 2.53. The molecule has 0 bridgehead atoms. The van der Waals surface area contributed by atoms with Gasteiger partial charge in [0.05, 0.1) is 5.75 Å². The number of rotatable bonds is 8. The lowest BCUT2D eigenvalue weighted by Gasteiger charge is -2.09. The van der Waals surface area contributed by atoms with Gasteiger partial charge in [-0.1, -0.05) is 6.08 Å². The molecule has 1 aromatic carbocycles. The zero-order valence-electron chi connectivity index (χ0n) is 12.1. The molecule has 0 saturated carbocycles. The summed E-state index contributed by atoms with van der Waals surface area (Å²) in [5, 5.41) is 0. The third-order valence-electron chi connectivity index (χ3n) is 2.87. The summed E-state index contributed by atoms with van der Waals surface area (Å²) in [6.45, 7) is 3.95. The van der Waals surface area contributed by atoms with Crippen LogP contribution in [0.25, 0.3) is 0 Å². The van der Waals surface area contributed by atoms with Crippen molar-refractivity contribution in [3.05, 3.63) is 67.0 Å². The predicted molar refractivity (Wildman–Crippen MR) is 87.2 cm³/mol. The minimum atomic E-state index is -3.33. The second kappa shape index (κ2) is 7.61. The molecule has 0 aliphatic carbocycles. The van der Waals surface area contributed by atoms with Crippen LogP contribution in [0.2, 0.25) is 0 Å². The van der Waals surface area contributed by atoms with E-state index in [1.165, 1.54) is 0 Å². The van der Waals surface area contributed by atoms with Gasteiger partial charge in [-0.15, -0.1) is 6.58 Å². The summed E-state index contributed by atoms with van der Waals surface area (Å²) in [5.74, 6) is 0.697. The number of allylic oxidation sites excluding steroid dienone is 1. The quantitative estimate of drug-likeness (QED) is 0.760. The van der Waals surface area contributed by atoms with Gasteiger partial charge in [-0.2, -0.15) is 0 Å². The molecule has 2 rings (SSSR count). The fourth-order valence-corrected chi connectivity index (χ4v) is 2.81. The molecule has 0 atom stereocenters. The molecule has 0 amide bonds. The molecular formula is C16H18N2O3S. The third kappa shape index (κ3) is 5.21.